The maximum atomic E-state index is 16.0. The molecule has 70 heavy (non-hydrogen) atoms. The molecule has 2 aromatic heterocycles. The van der Waals surface area contributed by atoms with Crippen molar-refractivity contribution in [3.05, 3.63) is 93.7 Å². The number of primary amides is 1. The van der Waals surface area contributed by atoms with Gasteiger partial charge in [-0.2, -0.15) is 4.98 Å². The number of hydrogen-bond acceptors (Lipinski definition) is 15. The Labute approximate surface area is 405 Å². The van der Waals surface area contributed by atoms with Crippen LogP contribution in [-0.2, 0) is 19.3 Å². The molecule has 8 aliphatic rings. The van der Waals surface area contributed by atoms with E-state index in [4.69, 9.17) is 29.7 Å². The van der Waals surface area contributed by atoms with Crippen LogP contribution < -0.4 is 30.3 Å². The van der Waals surface area contributed by atoms with Crippen molar-refractivity contribution in [1.29, 1.82) is 0 Å². The van der Waals surface area contributed by atoms with Crippen LogP contribution >= 0.6 is 0 Å². The Balaban J connectivity index is 0.897. The van der Waals surface area contributed by atoms with Gasteiger partial charge in [-0.1, -0.05) is 38.1 Å². The molecule has 19 heteroatoms. The number of fused-ring (bicyclic) bond motifs is 6. The van der Waals surface area contributed by atoms with E-state index in [0.717, 1.165) is 56.6 Å². The van der Waals surface area contributed by atoms with Crippen molar-refractivity contribution >= 4 is 55.2 Å². The summed E-state index contributed by atoms with van der Waals surface area (Å²) >= 11 is 0. The van der Waals surface area contributed by atoms with E-state index in [1.165, 1.54) is 17.2 Å². The molecule has 1 amide bonds. The molecule has 5 saturated heterocycles. The maximum absolute atomic E-state index is 16.0. The van der Waals surface area contributed by atoms with Gasteiger partial charge in [0, 0.05) is 73.4 Å². The number of pyridine rings is 1. The second kappa shape index (κ2) is 16.3. The highest BCUT2D eigenvalue weighted by molar-refractivity contribution is 7.91. The highest BCUT2D eigenvalue weighted by Gasteiger charge is 2.56. The topological polar surface area (TPSA) is 211 Å². The Morgan fingerprint density at radius 3 is 2.64 bits per heavy atom. The van der Waals surface area contributed by atoms with Crippen LogP contribution in [0.4, 0.5) is 28.4 Å². The first-order chi connectivity index (χ1) is 33.8. The minimum Gasteiger partial charge on any atom is -0.489 e. The van der Waals surface area contributed by atoms with E-state index in [1.54, 1.807) is 23.2 Å². The van der Waals surface area contributed by atoms with Crippen LogP contribution in [0.25, 0.3) is 11.0 Å². The molecule has 3 aromatic carbocycles. The Morgan fingerprint density at radius 1 is 1.03 bits per heavy atom. The van der Waals surface area contributed by atoms with Gasteiger partial charge in [0.25, 0.3) is 11.6 Å². The zero-order valence-electron chi connectivity index (χ0n) is 39.2. The van der Waals surface area contributed by atoms with Gasteiger partial charge in [-0.3, -0.25) is 24.7 Å². The molecular formula is C51H57N9O9S. The average molecular weight is 972 g/mol. The number of nitro groups is 1. The molecule has 6 fully saturated rings. The third-order valence-electron chi connectivity index (χ3n) is 16.5. The van der Waals surface area contributed by atoms with Crippen LogP contribution in [0, 0.1) is 15.5 Å². The average Bonchev–Trinajstić information content (AvgIpc) is 4.19. The van der Waals surface area contributed by atoms with E-state index in [1.807, 2.05) is 12.1 Å². The summed E-state index contributed by atoms with van der Waals surface area (Å²) in [6, 6.07) is 18.5. The number of benzene rings is 3. The van der Waals surface area contributed by atoms with Gasteiger partial charge in [-0.15, -0.1) is 0 Å². The van der Waals surface area contributed by atoms with Gasteiger partial charge in [0.2, 0.25) is 15.7 Å². The maximum Gasteiger partial charge on any atom is 0.297 e. The number of aromatic nitrogens is 2. The highest BCUT2D eigenvalue weighted by Crippen LogP contribution is 2.57. The second-order valence-electron chi connectivity index (χ2n) is 21.2. The predicted octanol–water partition coefficient (Wildman–Crippen LogP) is 6.28. The number of H-pyrrole nitrogens is 1. The number of nitrogens with two attached hydrogens (primary N) is 1. The van der Waals surface area contributed by atoms with Gasteiger partial charge in [-0.05, 0) is 80.0 Å². The summed E-state index contributed by atoms with van der Waals surface area (Å²) in [5, 5.41) is 17.1. The van der Waals surface area contributed by atoms with Crippen molar-refractivity contribution in [2.24, 2.45) is 11.1 Å². The Hall–Kier alpha value is -5.99. The quantitative estimate of drug-likeness (QED) is 0.0983. The number of nitro benzene ring substituents is 1. The lowest BCUT2D eigenvalue weighted by molar-refractivity contribution is -0.384. The fourth-order valence-corrected chi connectivity index (χ4v) is 14.9. The van der Waals surface area contributed by atoms with Crippen LogP contribution in [0.1, 0.15) is 79.4 Å². The van der Waals surface area contributed by atoms with Crippen molar-refractivity contribution in [3.63, 3.8) is 0 Å². The molecule has 0 unspecified atom stereocenters. The van der Waals surface area contributed by atoms with Crippen molar-refractivity contribution in [2.75, 3.05) is 74.3 Å². The minimum absolute atomic E-state index is 0.0371. The zero-order valence-corrected chi connectivity index (χ0v) is 40.0. The summed E-state index contributed by atoms with van der Waals surface area (Å²) in [6.07, 6.45) is 6.54. The first-order valence-corrected chi connectivity index (χ1v) is 26.2. The molecule has 7 aliphatic heterocycles. The molecule has 4 N–H and O–H groups in total. The molecule has 6 atom stereocenters. The lowest BCUT2D eigenvalue weighted by atomic mass is 9.60. The van der Waals surface area contributed by atoms with Gasteiger partial charge in [-0.25, -0.2) is 8.42 Å². The molecule has 366 valence electrons. The van der Waals surface area contributed by atoms with Gasteiger partial charge in [0.1, 0.15) is 28.9 Å². The van der Waals surface area contributed by atoms with Crippen molar-refractivity contribution in [2.45, 2.75) is 104 Å². The molecule has 13 rings (SSSR count). The third-order valence-corrected chi connectivity index (χ3v) is 18.3. The molecule has 0 radical (unpaired) electrons. The fourth-order valence-electron chi connectivity index (χ4n) is 13.2. The molecule has 2 bridgehead atoms. The SMILES string of the molecule is CC(C)c1ccccc1[C@@H]1CCCN1C1CC2(C1)CN(c1ccc(C(N)=O)c(N3c4cc5cc[nH]c5nc4O[C@@H]4COC[C@H]43)c1S(=O)(=O)c1cc3c(c([N+](=O)[O-])c1)N[C@@H](CN1C[C@@H]4C[C@H]1CO4)CO3)C2. The number of morpholine rings is 1. The molecule has 18 nitrogen and oxygen atoms in total. The predicted molar refractivity (Wildman–Crippen MR) is 260 cm³/mol. The second-order valence-corrected chi connectivity index (χ2v) is 23.0. The number of carbonyl (C=O) groups is 1. The lowest BCUT2D eigenvalue weighted by Crippen LogP contribution is -2.66. The first-order valence-electron chi connectivity index (χ1n) is 24.7. The lowest BCUT2D eigenvalue weighted by Gasteiger charge is -2.62. The summed E-state index contributed by atoms with van der Waals surface area (Å²) in [5.41, 5.74) is 10.1. The third kappa shape index (κ3) is 6.97. The number of anilines is 4. The number of nitrogens with zero attached hydrogens (tertiary/aromatic N) is 6. The van der Waals surface area contributed by atoms with Crippen LogP contribution in [0.3, 0.4) is 0 Å². The molecular weight excluding hydrogens is 915 g/mol. The smallest absolute Gasteiger partial charge is 0.297 e. The number of sulfone groups is 1. The molecule has 5 aromatic rings. The number of rotatable bonds is 11. The summed E-state index contributed by atoms with van der Waals surface area (Å²) in [7, 11) is -4.76. The Kier molecular flexibility index (Phi) is 10.2. The van der Waals surface area contributed by atoms with Crippen LogP contribution in [-0.4, -0.2) is 135 Å². The summed E-state index contributed by atoms with van der Waals surface area (Å²) in [5.74, 6) is -0.125. The monoisotopic (exact) mass is 971 g/mol. The summed E-state index contributed by atoms with van der Waals surface area (Å²) < 4.78 is 56.6. The van der Waals surface area contributed by atoms with E-state index in [0.29, 0.717) is 61.3 Å². The number of likely N-dealkylation sites (tertiary alicyclic amines) is 2. The number of carbonyl (C=O) groups excluding carboxylic acids is 1. The number of hydrogen-bond donors (Lipinski definition) is 3. The van der Waals surface area contributed by atoms with E-state index < -0.39 is 38.5 Å². The van der Waals surface area contributed by atoms with E-state index in [-0.39, 0.29) is 81.8 Å². The molecule has 1 aliphatic carbocycles. The Morgan fingerprint density at radius 2 is 1.87 bits per heavy atom. The number of nitrogens with one attached hydrogen (secondary N) is 2. The van der Waals surface area contributed by atoms with Gasteiger partial charge < -0.3 is 44.8 Å². The van der Waals surface area contributed by atoms with Crippen LogP contribution in [0.15, 0.2) is 76.7 Å². The first kappa shape index (κ1) is 44.0. The van der Waals surface area contributed by atoms with E-state index in [2.05, 4.69) is 63.1 Å². The summed E-state index contributed by atoms with van der Waals surface area (Å²) in [4.78, 5) is 42.6. The Bertz CT molecular complexity index is 3080. The molecule has 1 spiro atoms. The van der Waals surface area contributed by atoms with E-state index >= 15 is 8.42 Å². The van der Waals surface area contributed by atoms with Gasteiger partial charge in [0.15, 0.2) is 11.4 Å². The van der Waals surface area contributed by atoms with Crippen molar-refractivity contribution < 1.29 is 37.1 Å². The van der Waals surface area contributed by atoms with E-state index in [9.17, 15) is 14.9 Å². The number of ether oxygens (including phenoxy) is 4. The minimum atomic E-state index is -4.76. The zero-order chi connectivity index (χ0) is 47.8. The number of aromatic amines is 1. The fraction of sp³-hybridized carbons (Fsp3) is 0.490. The van der Waals surface area contributed by atoms with Crippen molar-refractivity contribution in [3.8, 4) is 11.6 Å². The molecule has 1 saturated carbocycles. The van der Waals surface area contributed by atoms with Crippen LogP contribution in [0.2, 0.25) is 0 Å². The largest absolute Gasteiger partial charge is 0.489 e. The van der Waals surface area contributed by atoms with Gasteiger partial charge in [0.05, 0.1) is 64.8 Å². The summed E-state index contributed by atoms with van der Waals surface area (Å²) in [6.45, 7) is 9.28. The van der Waals surface area contributed by atoms with Crippen molar-refractivity contribution in [1.82, 2.24) is 19.8 Å². The normalized spacial score (nSPS) is 26.9. The molecule has 9 heterocycles. The highest BCUT2D eigenvalue weighted by atomic mass is 32.2. The van der Waals surface area contributed by atoms with Gasteiger partial charge >= 0.3 is 0 Å². The van der Waals surface area contributed by atoms with Crippen LogP contribution in [0.5, 0.6) is 11.6 Å². The number of amides is 1. The standard InChI is InChI=1S/C51H57N9O9S/c1-28(2)35-6-3-4-7-36(35)38-8-5-13-58(38)32-18-51(19-32)26-57(27-51)39-10-9-37(48(52)61)46(59-41-14-29-11-12-53-49(29)55-50(41)69-44-25-66-24-42(44)59)47(39)70(64,65)34-16-40(60(62)63)45-43(17-34)68-22-30(54-45)20-56-21-33-15-31(56)23-67-33/h3-4,6-7,9-12,14,16-17,28,30-33,38,42,44,54H,5,8,13,15,18-27H2,1-2H3,(H2,52,61)(H,53,55)/t30-,31-,33-,38-,42+,44+/m0/s1.